The number of hydrogen-bond acceptors (Lipinski definition) is 5. The molecule has 0 spiro atoms. The molecule has 0 radical (unpaired) electrons. The number of methoxy groups -OCH3 is 1. The number of rotatable bonds is 2. The molecule has 0 unspecified atom stereocenters. The third-order valence-corrected chi connectivity index (χ3v) is 5.20. The van der Waals surface area contributed by atoms with Crippen LogP contribution in [0.1, 0.15) is 16.8 Å². The third kappa shape index (κ3) is 2.71. The van der Waals surface area contributed by atoms with Gasteiger partial charge in [-0.3, -0.25) is 13.4 Å². The van der Waals surface area contributed by atoms with Crippen molar-refractivity contribution in [3.05, 3.63) is 28.0 Å². The molecule has 0 amide bonds. The number of anilines is 1. The van der Waals surface area contributed by atoms with Gasteiger partial charge in [-0.05, 0) is 18.6 Å². The molecule has 1 aliphatic heterocycles. The van der Waals surface area contributed by atoms with E-state index in [2.05, 4.69) is 20.7 Å². The zero-order valence-electron chi connectivity index (χ0n) is 10.1. The lowest BCUT2D eigenvalue weighted by molar-refractivity contribution is 0.0595. The second kappa shape index (κ2) is 5.28. The molecule has 1 aromatic carbocycles. The van der Waals surface area contributed by atoms with Crippen LogP contribution in [0.15, 0.2) is 16.6 Å². The molecule has 1 heterocycles. The molecule has 1 saturated heterocycles. The van der Waals surface area contributed by atoms with Gasteiger partial charge in [0, 0.05) is 11.0 Å². The van der Waals surface area contributed by atoms with Gasteiger partial charge in [0.15, 0.2) is 5.82 Å². The molecule has 0 bridgehead atoms. The Morgan fingerprint density at radius 1 is 1.53 bits per heavy atom. The number of halogens is 2. The number of carbonyl (C=O) groups is 1. The molecule has 0 saturated carbocycles. The van der Waals surface area contributed by atoms with E-state index in [-0.39, 0.29) is 17.0 Å². The van der Waals surface area contributed by atoms with Crippen molar-refractivity contribution in [2.75, 3.05) is 23.7 Å². The molecular weight excluding hydrogens is 341 g/mol. The lowest BCUT2D eigenvalue weighted by atomic mass is 10.2. The summed E-state index contributed by atoms with van der Waals surface area (Å²) in [5.74, 6) is -1.42. The average Bonchev–Trinajstić information content (AvgIpc) is 2.70. The number of ether oxygens (including phenoxy) is 1. The molecular formula is C11H13BrFNO4S. The van der Waals surface area contributed by atoms with Crippen molar-refractivity contribution in [1.29, 1.82) is 0 Å². The lowest BCUT2D eigenvalue weighted by Crippen LogP contribution is -2.24. The number of nitrogens with zero attached hydrogens (tertiary/aromatic N) is 1. The zero-order valence-corrected chi connectivity index (χ0v) is 12.5. The van der Waals surface area contributed by atoms with Gasteiger partial charge in [0.1, 0.15) is 0 Å². The van der Waals surface area contributed by atoms with Crippen LogP contribution in [-0.2, 0) is 4.74 Å². The summed E-state index contributed by atoms with van der Waals surface area (Å²) < 4.78 is 40.2. The molecule has 0 aliphatic carbocycles. The first-order chi connectivity index (χ1) is 8.86. The maximum atomic E-state index is 14.3. The molecule has 0 atom stereocenters. The largest absolute Gasteiger partial charge is 0.465 e. The maximum absolute atomic E-state index is 14.3. The highest BCUT2D eigenvalue weighted by Gasteiger charge is 2.32. The number of esters is 1. The standard InChI is InChI=1S/C11H13BrFNO4S/c1-18-11(15)8-5-7(12)6-9(10(8)13)14-3-2-4-19(14,16)17/h5-6,16-17H,2-4H2,1H3. The van der Waals surface area contributed by atoms with E-state index in [0.717, 1.165) is 7.11 Å². The van der Waals surface area contributed by atoms with Crippen molar-refractivity contribution in [3.63, 3.8) is 0 Å². The van der Waals surface area contributed by atoms with Crippen molar-refractivity contribution in [3.8, 4) is 0 Å². The normalized spacial score (nSPS) is 19.3. The first-order valence-corrected chi connectivity index (χ1v) is 7.94. The van der Waals surface area contributed by atoms with Crippen molar-refractivity contribution in [2.24, 2.45) is 0 Å². The highest BCUT2D eigenvalue weighted by Crippen LogP contribution is 2.52. The van der Waals surface area contributed by atoms with Gasteiger partial charge in [-0.15, -0.1) is 10.8 Å². The predicted octanol–water partition coefficient (Wildman–Crippen LogP) is 3.25. The van der Waals surface area contributed by atoms with Crippen molar-refractivity contribution >= 4 is 38.4 Å². The van der Waals surface area contributed by atoms with E-state index < -0.39 is 22.6 Å². The summed E-state index contributed by atoms with van der Waals surface area (Å²) in [6, 6.07) is 2.72. The summed E-state index contributed by atoms with van der Waals surface area (Å²) in [6.07, 6.45) is 0.557. The van der Waals surface area contributed by atoms with Crippen LogP contribution in [-0.4, -0.2) is 34.5 Å². The smallest absolute Gasteiger partial charge is 0.340 e. The van der Waals surface area contributed by atoms with Crippen LogP contribution in [0, 0.1) is 5.82 Å². The van der Waals surface area contributed by atoms with E-state index in [1.54, 1.807) is 0 Å². The van der Waals surface area contributed by atoms with E-state index in [9.17, 15) is 18.3 Å². The first kappa shape index (κ1) is 14.6. The molecule has 19 heavy (non-hydrogen) atoms. The Hall–Kier alpha value is -0.830. The van der Waals surface area contributed by atoms with Gasteiger partial charge in [0.05, 0.1) is 24.1 Å². The summed E-state index contributed by atoms with van der Waals surface area (Å²) >= 11 is 3.17. The Morgan fingerprint density at radius 3 is 2.74 bits per heavy atom. The fourth-order valence-corrected chi connectivity index (χ4v) is 4.00. The van der Waals surface area contributed by atoms with Gasteiger partial charge in [0.2, 0.25) is 0 Å². The second-order valence-corrected chi connectivity index (χ2v) is 7.10. The quantitative estimate of drug-likeness (QED) is 0.798. The van der Waals surface area contributed by atoms with Crippen LogP contribution >= 0.6 is 26.7 Å². The summed E-state index contributed by atoms with van der Waals surface area (Å²) in [5.41, 5.74) is -0.249. The van der Waals surface area contributed by atoms with Crippen molar-refractivity contribution < 1.29 is 23.0 Å². The predicted molar refractivity (Wildman–Crippen MR) is 75.1 cm³/mol. The van der Waals surface area contributed by atoms with E-state index in [1.807, 2.05) is 0 Å². The van der Waals surface area contributed by atoms with Gasteiger partial charge in [-0.25, -0.2) is 9.18 Å². The minimum atomic E-state index is -3.01. The lowest BCUT2D eigenvalue weighted by Gasteiger charge is -2.38. The average molecular weight is 354 g/mol. The summed E-state index contributed by atoms with van der Waals surface area (Å²) in [4.78, 5) is 11.5. The minimum absolute atomic E-state index is 0.00715. The Morgan fingerprint density at radius 2 is 2.21 bits per heavy atom. The van der Waals surface area contributed by atoms with Crippen LogP contribution in [0.4, 0.5) is 10.1 Å². The van der Waals surface area contributed by atoms with Crippen LogP contribution in [0.25, 0.3) is 0 Å². The Labute approximate surface area is 120 Å². The van der Waals surface area contributed by atoms with Gasteiger partial charge >= 0.3 is 5.97 Å². The molecule has 0 aromatic heterocycles. The van der Waals surface area contributed by atoms with Crippen LogP contribution in [0.3, 0.4) is 0 Å². The number of hydrogen-bond donors (Lipinski definition) is 2. The SMILES string of the molecule is COC(=O)c1cc(Br)cc(N2CCCS2(O)O)c1F. The number of carbonyl (C=O) groups excluding carboxylic acids is 1. The van der Waals surface area contributed by atoms with Crippen molar-refractivity contribution in [2.45, 2.75) is 6.42 Å². The molecule has 1 aromatic rings. The van der Waals surface area contributed by atoms with E-state index in [4.69, 9.17) is 0 Å². The Balaban J connectivity index is 2.52. The Kier molecular flexibility index (Phi) is 4.05. The Bertz CT molecular complexity index is 526. The van der Waals surface area contributed by atoms with Gasteiger partial charge < -0.3 is 4.74 Å². The fraction of sp³-hybridized carbons (Fsp3) is 0.364. The highest BCUT2D eigenvalue weighted by molar-refractivity contribution is 9.10. The van der Waals surface area contributed by atoms with E-state index in [0.29, 0.717) is 17.4 Å². The molecule has 5 nitrogen and oxygen atoms in total. The third-order valence-electron chi connectivity index (χ3n) is 2.82. The van der Waals surface area contributed by atoms with Crippen LogP contribution < -0.4 is 4.31 Å². The summed E-state index contributed by atoms with van der Waals surface area (Å²) in [7, 11) is -1.85. The fourth-order valence-electron chi connectivity index (χ4n) is 1.95. The molecule has 8 heteroatoms. The maximum Gasteiger partial charge on any atom is 0.340 e. The molecule has 106 valence electrons. The summed E-state index contributed by atoms with van der Waals surface area (Å²) in [6.45, 7) is 0.330. The van der Waals surface area contributed by atoms with E-state index >= 15 is 0 Å². The highest BCUT2D eigenvalue weighted by atomic mass is 79.9. The zero-order chi connectivity index (χ0) is 14.2. The molecule has 1 aliphatic rings. The van der Waals surface area contributed by atoms with Crippen LogP contribution in [0.2, 0.25) is 0 Å². The van der Waals surface area contributed by atoms with Gasteiger partial charge in [0.25, 0.3) is 0 Å². The number of benzene rings is 1. The monoisotopic (exact) mass is 353 g/mol. The molecule has 2 rings (SSSR count). The molecule has 2 N–H and O–H groups in total. The summed E-state index contributed by atoms with van der Waals surface area (Å²) in [5, 5.41) is 0. The van der Waals surface area contributed by atoms with E-state index in [1.165, 1.54) is 16.4 Å². The van der Waals surface area contributed by atoms with Crippen molar-refractivity contribution in [1.82, 2.24) is 0 Å². The second-order valence-electron chi connectivity index (χ2n) is 4.07. The topological polar surface area (TPSA) is 70.0 Å². The molecule has 1 fully saturated rings. The first-order valence-electron chi connectivity index (χ1n) is 5.48. The van der Waals surface area contributed by atoms with Gasteiger partial charge in [-0.2, -0.15) is 0 Å². The van der Waals surface area contributed by atoms with Crippen LogP contribution in [0.5, 0.6) is 0 Å². The minimum Gasteiger partial charge on any atom is -0.465 e. The van der Waals surface area contributed by atoms with Gasteiger partial charge in [-0.1, -0.05) is 15.9 Å².